The summed E-state index contributed by atoms with van der Waals surface area (Å²) in [4.78, 5) is 8.77. The quantitative estimate of drug-likeness (QED) is 0.596. The van der Waals surface area contributed by atoms with Crippen molar-refractivity contribution in [3.8, 4) is 23.0 Å². The molecule has 5 nitrogen and oxygen atoms in total. The monoisotopic (exact) mass is 329 g/mol. The summed E-state index contributed by atoms with van der Waals surface area (Å²) in [6.07, 6.45) is 5.28. The van der Waals surface area contributed by atoms with Crippen molar-refractivity contribution in [2.24, 2.45) is 16.5 Å². The van der Waals surface area contributed by atoms with Gasteiger partial charge in [-0.25, -0.2) is 0 Å². The second kappa shape index (κ2) is 7.02. The fourth-order valence-electron chi connectivity index (χ4n) is 2.86. The largest absolute Gasteiger partial charge is 0.401 e. The van der Waals surface area contributed by atoms with Crippen LogP contribution in [-0.2, 0) is 0 Å². The van der Waals surface area contributed by atoms with E-state index in [4.69, 9.17) is 16.9 Å². The molecule has 0 fully saturated rings. The Labute approximate surface area is 147 Å². The molecule has 0 amide bonds. The lowest BCUT2D eigenvalue weighted by Crippen LogP contribution is -2.26. The van der Waals surface area contributed by atoms with Gasteiger partial charge >= 0.3 is 0 Å². The lowest BCUT2D eigenvalue weighted by atomic mass is 9.94. The molecule has 1 aliphatic heterocycles. The van der Waals surface area contributed by atoms with Crippen LogP contribution in [0.25, 0.3) is 11.1 Å². The highest BCUT2D eigenvalue weighted by molar-refractivity contribution is 6.14. The van der Waals surface area contributed by atoms with Crippen LogP contribution in [0.4, 0.5) is 0 Å². The van der Waals surface area contributed by atoms with Gasteiger partial charge in [0.1, 0.15) is 5.84 Å². The molecule has 2 aromatic rings. The summed E-state index contributed by atoms with van der Waals surface area (Å²) in [5.74, 6) is 6.23. The van der Waals surface area contributed by atoms with Crippen LogP contribution >= 0.6 is 0 Å². The first-order valence-electron chi connectivity index (χ1n) is 7.93. The summed E-state index contributed by atoms with van der Waals surface area (Å²) in [6.45, 7) is 1.80. The first-order valence-corrected chi connectivity index (χ1v) is 7.93. The molecule has 0 saturated heterocycles. The van der Waals surface area contributed by atoms with Crippen molar-refractivity contribution >= 4 is 12.1 Å². The van der Waals surface area contributed by atoms with Crippen molar-refractivity contribution in [3.05, 3.63) is 65.1 Å². The van der Waals surface area contributed by atoms with Crippen LogP contribution in [0, 0.1) is 17.3 Å². The zero-order valence-corrected chi connectivity index (χ0v) is 14.0. The zero-order valence-electron chi connectivity index (χ0n) is 14.0. The molecule has 2 heterocycles. The second-order valence-corrected chi connectivity index (χ2v) is 5.78. The molecule has 0 bridgehead atoms. The number of nitrogens with zero attached hydrogens (tertiary/aromatic N) is 2. The van der Waals surface area contributed by atoms with Crippen LogP contribution in [0.1, 0.15) is 30.5 Å². The third kappa shape index (κ3) is 3.43. The molecular formula is C20H19N5. The minimum atomic E-state index is -0.143. The van der Waals surface area contributed by atoms with E-state index in [9.17, 15) is 0 Å². The maximum atomic E-state index is 7.39. The maximum Gasteiger partial charge on any atom is 0.129 e. The first kappa shape index (κ1) is 16.5. The summed E-state index contributed by atoms with van der Waals surface area (Å²) in [5.41, 5.74) is 17.1. The Morgan fingerprint density at radius 3 is 2.76 bits per heavy atom. The number of hydrogen-bond acceptors (Lipinski definition) is 5. The summed E-state index contributed by atoms with van der Waals surface area (Å²) >= 11 is 0. The van der Waals surface area contributed by atoms with E-state index in [1.807, 2.05) is 30.5 Å². The smallest absolute Gasteiger partial charge is 0.129 e. The van der Waals surface area contributed by atoms with Gasteiger partial charge in [0.15, 0.2) is 0 Å². The fourth-order valence-corrected chi connectivity index (χ4v) is 2.86. The molecule has 25 heavy (non-hydrogen) atoms. The molecule has 1 atom stereocenters. The minimum Gasteiger partial charge on any atom is -0.401 e. The molecule has 0 spiro atoms. The predicted molar refractivity (Wildman–Crippen MR) is 101 cm³/mol. The van der Waals surface area contributed by atoms with Crippen molar-refractivity contribution in [3.63, 3.8) is 0 Å². The number of nitrogens with one attached hydrogen (secondary N) is 1. The van der Waals surface area contributed by atoms with E-state index in [1.54, 1.807) is 13.1 Å². The number of benzene rings is 1. The minimum absolute atomic E-state index is 0.143. The first-order chi connectivity index (χ1) is 12.1. The predicted octanol–water partition coefficient (Wildman–Crippen LogP) is 2.78. The van der Waals surface area contributed by atoms with E-state index >= 15 is 0 Å². The molecule has 0 radical (unpaired) electrons. The number of rotatable bonds is 3. The van der Waals surface area contributed by atoms with E-state index in [0.717, 1.165) is 28.5 Å². The van der Waals surface area contributed by atoms with Gasteiger partial charge in [-0.15, -0.1) is 5.92 Å². The van der Waals surface area contributed by atoms with E-state index in [2.05, 4.69) is 27.9 Å². The van der Waals surface area contributed by atoms with Crippen LogP contribution in [-0.4, -0.2) is 17.0 Å². The van der Waals surface area contributed by atoms with Crippen LogP contribution in [0.2, 0.25) is 0 Å². The van der Waals surface area contributed by atoms with Crippen molar-refractivity contribution < 1.29 is 0 Å². The van der Waals surface area contributed by atoms with Crippen molar-refractivity contribution in [1.82, 2.24) is 4.98 Å². The van der Waals surface area contributed by atoms with Gasteiger partial charge < -0.3 is 16.9 Å². The molecule has 1 aromatic heterocycles. The Bertz CT molecular complexity index is 944. The Hall–Kier alpha value is -3.39. The summed E-state index contributed by atoms with van der Waals surface area (Å²) < 4.78 is 0. The number of aromatic nitrogens is 1. The number of nitrogens with two attached hydrogens (primary N) is 2. The molecular weight excluding hydrogens is 310 g/mol. The Morgan fingerprint density at radius 1 is 1.20 bits per heavy atom. The standard InChI is InChI=1S/C20H19N5/c1-2-4-13-7-16(12-24-11-13)14-5-3-6-15(8-14)19-9-18(22)17(10-21)20(23)25-19/h3,5-8,10-12,19,21H,9,22H2,1H3,(H2,23,25). The van der Waals surface area contributed by atoms with Crippen molar-refractivity contribution in [2.75, 3.05) is 0 Å². The molecule has 124 valence electrons. The number of aliphatic imine (C=N–C) groups is 1. The van der Waals surface area contributed by atoms with E-state index in [-0.39, 0.29) is 6.04 Å². The Morgan fingerprint density at radius 2 is 2.04 bits per heavy atom. The summed E-state index contributed by atoms with van der Waals surface area (Å²) in [7, 11) is 0. The van der Waals surface area contributed by atoms with Gasteiger partial charge in [-0.3, -0.25) is 9.98 Å². The van der Waals surface area contributed by atoms with Crippen molar-refractivity contribution in [1.29, 1.82) is 5.41 Å². The maximum absolute atomic E-state index is 7.39. The van der Waals surface area contributed by atoms with Crippen molar-refractivity contribution in [2.45, 2.75) is 19.4 Å². The third-order valence-electron chi connectivity index (χ3n) is 4.09. The van der Waals surface area contributed by atoms with Gasteiger partial charge in [0.25, 0.3) is 0 Å². The van der Waals surface area contributed by atoms with Gasteiger partial charge in [0, 0.05) is 41.9 Å². The molecule has 1 unspecified atom stereocenters. The van der Waals surface area contributed by atoms with E-state index < -0.39 is 0 Å². The third-order valence-corrected chi connectivity index (χ3v) is 4.09. The Kier molecular flexibility index (Phi) is 4.62. The van der Waals surface area contributed by atoms with Crippen LogP contribution < -0.4 is 11.5 Å². The molecule has 0 saturated carbocycles. The van der Waals surface area contributed by atoms with Gasteiger partial charge in [0.05, 0.1) is 11.6 Å². The number of hydrogen-bond donors (Lipinski definition) is 3. The molecule has 1 aliphatic rings. The highest BCUT2D eigenvalue weighted by atomic mass is 14.9. The number of pyridine rings is 1. The lowest BCUT2D eigenvalue weighted by molar-refractivity contribution is 0.699. The molecule has 5 heteroatoms. The van der Waals surface area contributed by atoms with Gasteiger partial charge in [0.2, 0.25) is 0 Å². The fraction of sp³-hybridized carbons (Fsp3) is 0.150. The van der Waals surface area contributed by atoms with Gasteiger partial charge in [-0.1, -0.05) is 24.1 Å². The van der Waals surface area contributed by atoms with Crippen LogP contribution in [0.3, 0.4) is 0 Å². The van der Waals surface area contributed by atoms with Gasteiger partial charge in [-0.05, 0) is 30.2 Å². The molecule has 1 aromatic carbocycles. The van der Waals surface area contributed by atoms with Crippen LogP contribution in [0.5, 0.6) is 0 Å². The highest BCUT2D eigenvalue weighted by Gasteiger charge is 2.21. The summed E-state index contributed by atoms with van der Waals surface area (Å²) in [5, 5.41) is 7.39. The average Bonchev–Trinajstić information content (AvgIpc) is 2.62. The lowest BCUT2D eigenvalue weighted by Gasteiger charge is -2.21. The normalized spacial score (nSPS) is 16.7. The molecule has 3 rings (SSSR count). The summed E-state index contributed by atoms with van der Waals surface area (Å²) in [6, 6.07) is 9.97. The topological polar surface area (TPSA) is 101 Å². The van der Waals surface area contributed by atoms with Crippen LogP contribution in [0.15, 0.2) is 59.0 Å². The second-order valence-electron chi connectivity index (χ2n) is 5.78. The van der Waals surface area contributed by atoms with Gasteiger partial charge in [-0.2, -0.15) is 0 Å². The number of dihydropyridines is 1. The molecule has 0 aliphatic carbocycles. The van der Waals surface area contributed by atoms with E-state index in [1.165, 1.54) is 0 Å². The highest BCUT2D eigenvalue weighted by Crippen LogP contribution is 2.31. The Balaban J connectivity index is 1.95. The average molecular weight is 329 g/mol. The molecule has 5 N–H and O–H groups in total. The number of amidine groups is 1. The van der Waals surface area contributed by atoms with E-state index in [0.29, 0.717) is 23.5 Å². The zero-order chi connectivity index (χ0) is 17.8. The SMILES string of the molecule is CC#Cc1cncc(-c2cccc(C3CC(N)=C(C=N)C(N)=N3)c2)c1.